The number of anilines is 2. The summed E-state index contributed by atoms with van der Waals surface area (Å²) in [5.74, 6) is 0.909. The molecular formula is C24H23N3O5S. The third kappa shape index (κ3) is 5.15. The normalized spacial score (nSPS) is 11.3. The Morgan fingerprint density at radius 1 is 0.970 bits per heavy atom. The fourth-order valence-corrected chi connectivity index (χ4v) is 4.25. The van der Waals surface area contributed by atoms with E-state index in [0.717, 1.165) is 0 Å². The summed E-state index contributed by atoms with van der Waals surface area (Å²) < 4.78 is 38.7. The minimum atomic E-state index is -3.77. The van der Waals surface area contributed by atoms with Crippen LogP contribution in [0.5, 0.6) is 5.75 Å². The predicted octanol–water partition coefficient (Wildman–Crippen LogP) is 4.84. The molecule has 0 aliphatic rings. The number of fused-ring (bicyclic) bond motifs is 1. The first kappa shape index (κ1) is 22.3. The lowest BCUT2D eigenvalue weighted by molar-refractivity contribution is 0.102. The van der Waals surface area contributed by atoms with Crippen molar-refractivity contribution >= 4 is 38.4 Å². The van der Waals surface area contributed by atoms with Gasteiger partial charge in [-0.05, 0) is 73.7 Å². The number of carbonyl (C=O) groups is 1. The zero-order valence-corrected chi connectivity index (χ0v) is 19.0. The molecular weight excluding hydrogens is 442 g/mol. The first-order valence-electron chi connectivity index (χ1n) is 10.4. The van der Waals surface area contributed by atoms with Crippen molar-refractivity contribution in [1.29, 1.82) is 0 Å². The third-order valence-corrected chi connectivity index (χ3v) is 6.23. The summed E-state index contributed by atoms with van der Waals surface area (Å²) in [4.78, 5) is 17.1. The summed E-state index contributed by atoms with van der Waals surface area (Å²) in [7, 11) is -3.77. The Kier molecular flexibility index (Phi) is 6.32. The average Bonchev–Trinajstić information content (AvgIpc) is 3.22. The van der Waals surface area contributed by atoms with Gasteiger partial charge in [-0.1, -0.05) is 6.92 Å². The third-order valence-electron chi connectivity index (χ3n) is 4.84. The van der Waals surface area contributed by atoms with Gasteiger partial charge in [0.15, 0.2) is 11.5 Å². The Hall–Kier alpha value is -3.85. The maximum atomic E-state index is 12.6. The van der Waals surface area contributed by atoms with E-state index in [-0.39, 0.29) is 10.8 Å². The number of nitrogens with one attached hydrogen (secondary N) is 2. The molecule has 4 rings (SSSR count). The van der Waals surface area contributed by atoms with E-state index in [4.69, 9.17) is 9.15 Å². The molecule has 0 unspecified atom stereocenters. The standard InChI is InChI=1S/C24H23N3O5S/c1-3-23-26-21-15-18(9-14-22(21)32-23)25-24(28)16-5-7-17(8-6-16)27-33(29,30)20-12-10-19(11-13-20)31-4-2/h5-15,27H,3-4H2,1-2H3,(H,25,28). The van der Waals surface area contributed by atoms with E-state index >= 15 is 0 Å². The van der Waals surface area contributed by atoms with Gasteiger partial charge < -0.3 is 14.5 Å². The molecule has 0 saturated heterocycles. The van der Waals surface area contributed by atoms with Crippen molar-refractivity contribution in [2.45, 2.75) is 25.2 Å². The van der Waals surface area contributed by atoms with E-state index in [0.29, 0.717) is 52.7 Å². The van der Waals surface area contributed by atoms with Crippen LogP contribution in [0, 0.1) is 0 Å². The van der Waals surface area contributed by atoms with Crippen molar-refractivity contribution in [2.24, 2.45) is 0 Å². The summed E-state index contributed by atoms with van der Waals surface area (Å²) in [5, 5.41) is 2.82. The van der Waals surface area contributed by atoms with Gasteiger partial charge >= 0.3 is 0 Å². The lowest BCUT2D eigenvalue weighted by atomic mass is 10.2. The lowest BCUT2D eigenvalue weighted by Gasteiger charge is -2.10. The molecule has 2 N–H and O–H groups in total. The second-order valence-corrected chi connectivity index (χ2v) is 8.87. The van der Waals surface area contributed by atoms with Gasteiger partial charge in [0.25, 0.3) is 15.9 Å². The molecule has 9 heteroatoms. The van der Waals surface area contributed by atoms with Crippen molar-refractivity contribution in [3.8, 4) is 5.75 Å². The number of oxazole rings is 1. The average molecular weight is 466 g/mol. The largest absolute Gasteiger partial charge is 0.494 e. The highest BCUT2D eigenvalue weighted by atomic mass is 32.2. The number of benzene rings is 3. The summed E-state index contributed by atoms with van der Waals surface area (Å²) in [6, 6.07) is 17.6. The van der Waals surface area contributed by atoms with Crippen molar-refractivity contribution in [3.63, 3.8) is 0 Å². The summed E-state index contributed by atoms with van der Waals surface area (Å²) in [6.07, 6.45) is 0.686. The number of sulfonamides is 1. The molecule has 0 fully saturated rings. The lowest BCUT2D eigenvalue weighted by Crippen LogP contribution is -2.14. The van der Waals surface area contributed by atoms with Gasteiger partial charge in [-0.3, -0.25) is 9.52 Å². The van der Waals surface area contributed by atoms with Gasteiger partial charge in [0.05, 0.1) is 11.5 Å². The molecule has 1 aromatic heterocycles. The van der Waals surface area contributed by atoms with Crippen molar-refractivity contribution in [3.05, 3.63) is 78.2 Å². The summed E-state index contributed by atoms with van der Waals surface area (Å²) >= 11 is 0. The highest BCUT2D eigenvalue weighted by molar-refractivity contribution is 7.92. The molecule has 1 amide bonds. The molecule has 0 atom stereocenters. The molecule has 1 heterocycles. The Balaban J connectivity index is 1.43. The van der Waals surface area contributed by atoms with E-state index in [1.165, 1.54) is 24.3 Å². The molecule has 170 valence electrons. The van der Waals surface area contributed by atoms with Crippen LogP contribution in [0.15, 0.2) is 76.0 Å². The zero-order chi connectivity index (χ0) is 23.4. The Morgan fingerprint density at radius 3 is 2.33 bits per heavy atom. The number of rotatable bonds is 8. The van der Waals surface area contributed by atoms with Crippen LogP contribution >= 0.6 is 0 Å². The van der Waals surface area contributed by atoms with Crippen LogP contribution in [0.3, 0.4) is 0 Å². The van der Waals surface area contributed by atoms with Gasteiger partial charge in [0.2, 0.25) is 0 Å². The Labute approximate surface area is 191 Å². The highest BCUT2D eigenvalue weighted by Gasteiger charge is 2.15. The van der Waals surface area contributed by atoms with Gasteiger partial charge in [0.1, 0.15) is 11.3 Å². The maximum Gasteiger partial charge on any atom is 0.261 e. The van der Waals surface area contributed by atoms with Crippen LogP contribution in [-0.2, 0) is 16.4 Å². The second-order valence-electron chi connectivity index (χ2n) is 7.19. The fraction of sp³-hybridized carbons (Fsp3) is 0.167. The van der Waals surface area contributed by atoms with E-state index in [9.17, 15) is 13.2 Å². The van der Waals surface area contributed by atoms with Gasteiger partial charge in [-0.2, -0.15) is 0 Å². The molecule has 0 aliphatic carbocycles. The number of carbonyl (C=O) groups excluding carboxylic acids is 1. The summed E-state index contributed by atoms with van der Waals surface area (Å²) in [5.41, 5.74) is 2.64. The number of amides is 1. The van der Waals surface area contributed by atoms with Crippen LogP contribution in [0.4, 0.5) is 11.4 Å². The van der Waals surface area contributed by atoms with Crippen LogP contribution in [0.2, 0.25) is 0 Å². The van der Waals surface area contributed by atoms with E-state index in [1.54, 1.807) is 42.5 Å². The van der Waals surface area contributed by atoms with Crippen LogP contribution in [0.25, 0.3) is 11.1 Å². The Bertz CT molecular complexity index is 1380. The number of aromatic nitrogens is 1. The number of hydrogen-bond donors (Lipinski definition) is 2. The zero-order valence-electron chi connectivity index (χ0n) is 18.2. The molecule has 33 heavy (non-hydrogen) atoms. The molecule has 0 aliphatic heterocycles. The highest BCUT2D eigenvalue weighted by Crippen LogP contribution is 2.22. The van der Waals surface area contributed by atoms with Crippen molar-refractivity contribution in [1.82, 2.24) is 4.98 Å². The van der Waals surface area contributed by atoms with Gasteiger partial charge in [0, 0.05) is 23.4 Å². The Morgan fingerprint density at radius 2 is 1.67 bits per heavy atom. The molecule has 0 bridgehead atoms. The molecule has 0 spiro atoms. The second kappa shape index (κ2) is 9.33. The van der Waals surface area contributed by atoms with Crippen LogP contribution in [0.1, 0.15) is 30.1 Å². The number of ether oxygens (including phenoxy) is 1. The number of nitrogens with zero attached hydrogens (tertiary/aromatic N) is 1. The first-order valence-corrected chi connectivity index (χ1v) is 11.9. The van der Waals surface area contributed by atoms with E-state index in [1.807, 2.05) is 13.8 Å². The SMILES string of the molecule is CCOc1ccc(S(=O)(=O)Nc2ccc(C(=O)Nc3ccc4oc(CC)nc4c3)cc2)cc1. The fourth-order valence-electron chi connectivity index (χ4n) is 3.19. The van der Waals surface area contributed by atoms with Gasteiger partial charge in [-0.25, -0.2) is 13.4 Å². The van der Waals surface area contributed by atoms with E-state index in [2.05, 4.69) is 15.0 Å². The molecule has 8 nitrogen and oxygen atoms in total. The van der Waals surface area contributed by atoms with E-state index < -0.39 is 10.0 Å². The predicted molar refractivity (Wildman–Crippen MR) is 126 cm³/mol. The molecule has 0 radical (unpaired) electrons. The van der Waals surface area contributed by atoms with Crippen molar-refractivity contribution in [2.75, 3.05) is 16.6 Å². The van der Waals surface area contributed by atoms with Crippen LogP contribution < -0.4 is 14.8 Å². The maximum absolute atomic E-state index is 12.6. The topological polar surface area (TPSA) is 111 Å². The van der Waals surface area contributed by atoms with Crippen molar-refractivity contribution < 1.29 is 22.4 Å². The minimum Gasteiger partial charge on any atom is -0.494 e. The minimum absolute atomic E-state index is 0.113. The molecule has 0 saturated carbocycles. The summed E-state index contributed by atoms with van der Waals surface area (Å²) in [6.45, 7) is 4.31. The number of aryl methyl sites for hydroxylation is 1. The quantitative estimate of drug-likeness (QED) is 0.385. The van der Waals surface area contributed by atoms with Gasteiger partial charge in [-0.15, -0.1) is 0 Å². The van der Waals surface area contributed by atoms with Crippen LogP contribution in [-0.4, -0.2) is 25.9 Å². The molecule has 3 aromatic carbocycles. The number of hydrogen-bond acceptors (Lipinski definition) is 6. The monoisotopic (exact) mass is 465 g/mol. The smallest absolute Gasteiger partial charge is 0.261 e. The molecule has 4 aromatic rings. The first-order chi connectivity index (χ1) is 15.9.